The second-order valence-corrected chi connectivity index (χ2v) is 11.0. The highest BCUT2D eigenvalue weighted by Gasteiger charge is 2.40. The van der Waals surface area contributed by atoms with E-state index in [0.29, 0.717) is 11.5 Å². The summed E-state index contributed by atoms with van der Waals surface area (Å²) in [6, 6.07) is 37.9. The van der Waals surface area contributed by atoms with Gasteiger partial charge in [-0.05, 0) is 34.5 Å². The highest BCUT2D eigenvalue weighted by molar-refractivity contribution is 6.13. The van der Waals surface area contributed by atoms with Gasteiger partial charge in [-0.1, -0.05) is 105 Å². The zero-order valence-corrected chi connectivity index (χ0v) is 22.2. The third kappa shape index (κ3) is 3.06. The van der Waals surface area contributed by atoms with Crippen LogP contribution in [0.15, 0.2) is 109 Å². The van der Waals surface area contributed by atoms with Gasteiger partial charge in [0.05, 0.1) is 23.3 Å². The Labute approximate surface area is 232 Å². The van der Waals surface area contributed by atoms with Gasteiger partial charge in [0, 0.05) is 32.9 Å². The summed E-state index contributed by atoms with van der Waals surface area (Å²) in [5.74, 6) is 1.56. The fourth-order valence-corrected chi connectivity index (χ4v) is 6.45. The van der Waals surface area contributed by atoms with E-state index in [0.717, 1.165) is 39.2 Å². The van der Waals surface area contributed by atoms with Gasteiger partial charge in [0.1, 0.15) is 5.82 Å². The molecule has 0 saturated carbocycles. The predicted molar refractivity (Wildman–Crippen MR) is 163 cm³/mol. The quantitative estimate of drug-likeness (QED) is 0.216. The summed E-state index contributed by atoms with van der Waals surface area (Å²) in [5.41, 5.74) is 7.96. The molecule has 40 heavy (non-hydrogen) atoms. The third-order valence-electron chi connectivity index (χ3n) is 8.38. The van der Waals surface area contributed by atoms with E-state index in [1.807, 2.05) is 24.3 Å². The fraction of sp³-hybridized carbons (Fsp3) is 0.0833. The van der Waals surface area contributed by atoms with Crippen LogP contribution in [0.4, 0.5) is 5.69 Å². The molecule has 2 aromatic heterocycles. The van der Waals surface area contributed by atoms with Crippen LogP contribution in [0.25, 0.3) is 65.9 Å². The second-order valence-electron chi connectivity index (χ2n) is 11.0. The molecule has 1 aliphatic rings. The summed E-state index contributed by atoms with van der Waals surface area (Å²) in [4.78, 5) is 14.1. The van der Waals surface area contributed by atoms with Gasteiger partial charge in [-0.3, -0.25) is 4.57 Å². The van der Waals surface area contributed by atoms with E-state index in [1.54, 1.807) is 0 Å². The van der Waals surface area contributed by atoms with Crippen molar-refractivity contribution in [3.8, 4) is 28.5 Å². The van der Waals surface area contributed by atoms with Crippen LogP contribution in [-0.2, 0) is 5.41 Å². The molecule has 8 rings (SSSR count). The molecule has 0 radical (unpaired) electrons. The van der Waals surface area contributed by atoms with Crippen LogP contribution in [0.2, 0.25) is 0 Å². The molecule has 0 atom stereocenters. The molecule has 7 aromatic rings. The molecule has 4 heteroatoms. The van der Waals surface area contributed by atoms with Gasteiger partial charge in [-0.2, -0.15) is 0 Å². The van der Waals surface area contributed by atoms with Crippen LogP contribution < -0.4 is 0 Å². The van der Waals surface area contributed by atoms with Crippen LogP contribution in [-0.4, -0.2) is 14.5 Å². The minimum atomic E-state index is -0.289. The van der Waals surface area contributed by atoms with E-state index in [1.165, 1.54) is 27.1 Å². The van der Waals surface area contributed by atoms with E-state index in [4.69, 9.17) is 16.5 Å². The SMILES string of the molecule is [C-]#[N+]c1ccc(-c2nc3c(c(-n4c5ccccc5c5cc6ccccc6cc54)n2)C(C)(C)c2ccccc2-3)cc1. The molecule has 1 aliphatic carbocycles. The molecule has 0 saturated heterocycles. The number of rotatable bonds is 2. The zero-order chi connectivity index (χ0) is 27.0. The molecule has 4 nitrogen and oxygen atoms in total. The summed E-state index contributed by atoms with van der Waals surface area (Å²) in [7, 11) is 0. The Bertz CT molecular complexity index is 2190. The molecule has 0 spiro atoms. The van der Waals surface area contributed by atoms with Gasteiger partial charge in [0.25, 0.3) is 0 Å². The Hall–Kier alpha value is -5.27. The van der Waals surface area contributed by atoms with Crippen LogP contribution >= 0.6 is 0 Å². The highest BCUT2D eigenvalue weighted by Crippen LogP contribution is 2.51. The lowest BCUT2D eigenvalue weighted by Gasteiger charge is -2.24. The monoisotopic (exact) mass is 512 g/mol. The van der Waals surface area contributed by atoms with Gasteiger partial charge >= 0.3 is 0 Å². The smallest absolute Gasteiger partial charge is 0.187 e. The van der Waals surface area contributed by atoms with Crippen molar-refractivity contribution in [3.05, 3.63) is 132 Å². The van der Waals surface area contributed by atoms with E-state index in [2.05, 4.69) is 108 Å². The summed E-state index contributed by atoms with van der Waals surface area (Å²) in [5, 5.41) is 4.83. The maximum absolute atomic E-state index is 7.37. The van der Waals surface area contributed by atoms with Crippen molar-refractivity contribution in [2.45, 2.75) is 19.3 Å². The molecule has 0 unspecified atom stereocenters. The van der Waals surface area contributed by atoms with Gasteiger partial charge in [0.15, 0.2) is 11.5 Å². The van der Waals surface area contributed by atoms with Crippen LogP contribution in [0.5, 0.6) is 0 Å². The standard InChI is InChI=1S/C36H24N4/c1-36(2)29-14-8-6-13-27(29)33-32(36)35(39-34(38-33)22-16-18-25(37-3)19-17-22)40-30-15-9-7-12-26(30)28-20-23-10-4-5-11-24(23)21-31(28)40/h4-21H,1-2H3. The van der Waals surface area contributed by atoms with Crippen molar-refractivity contribution in [2.24, 2.45) is 0 Å². The first kappa shape index (κ1) is 22.7. The van der Waals surface area contributed by atoms with Crippen molar-refractivity contribution in [3.63, 3.8) is 0 Å². The van der Waals surface area contributed by atoms with Crippen LogP contribution in [0.3, 0.4) is 0 Å². The van der Waals surface area contributed by atoms with Crippen molar-refractivity contribution >= 4 is 38.3 Å². The molecule has 0 amide bonds. The molecule has 0 N–H and O–H groups in total. The lowest BCUT2D eigenvalue weighted by Crippen LogP contribution is -2.19. The molecule has 2 heterocycles. The van der Waals surface area contributed by atoms with Gasteiger partial charge in [-0.15, -0.1) is 0 Å². The number of nitrogens with zero attached hydrogens (tertiary/aromatic N) is 4. The van der Waals surface area contributed by atoms with Gasteiger partial charge in [0.2, 0.25) is 0 Å². The summed E-state index contributed by atoms with van der Waals surface area (Å²) < 4.78 is 2.34. The predicted octanol–water partition coefficient (Wildman–Crippen LogP) is 9.25. The van der Waals surface area contributed by atoms with Crippen molar-refractivity contribution in [1.29, 1.82) is 0 Å². The average molecular weight is 513 g/mol. The van der Waals surface area contributed by atoms with Gasteiger partial charge in [-0.25, -0.2) is 14.8 Å². The normalized spacial score (nSPS) is 13.4. The minimum Gasteiger partial charge on any atom is -0.293 e. The maximum Gasteiger partial charge on any atom is 0.187 e. The molecular formula is C36H24N4. The fourth-order valence-electron chi connectivity index (χ4n) is 6.45. The topological polar surface area (TPSA) is 35.1 Å². The third-order valence-corrected chi connectivity index (χ3v) is 8.38. The van der Waals surface area contributed by atoms with E-state index < -0.39 is 0 Å². The largest absolute Gasteiger partial charge is 0.293 e. The first-order valence-electron chi connectivity index (χ1n) is 13.5. The summed E-state index contributed by atoms with van der Waals surface area (Å²) in [6.07, 6.45) is 0. The average Bonchev–Trinajstić information content (AvgIpc) is 3.44. The second kappa shape index (κ2) is 8.11. The molecule has 5 aromatic carbocycles. The van der Waals surface area contributed by atoms with Crippen LogP contribution in [0.1, 0.15) is 25.0 Å². The van der Waals surface area contributed by atoms with E-state index in [-0.39, 0.29) is 5.41 Å². The Morgan fingerprint density at radius 2 is 1.40 bits per heavy atom. The number of hydrogen-bond acceptors (Lipinski definition) is 2. The zero-order valence-electron chi connectivity index (χ0n) is 22.2. The molecule has 188 valence electrons. The first-order valence-corrected chi connectivity index (χ1v) is 13.5. The highest BCUT2D eigenvalue weighted by atomic mass is 15.1. The summed E-state index contributed by atoms with van der Waals surface area (Å²) in [6.45, 7) is 11.9. The molecule has 0 fully saturated rings. The van der Waals surface area contributed by atoms with E-state index in [9.17, 15) is 0 Å². The first-order chi connectivity index (χ1) is 19.5. The number of hydrogen-bond donors (Lipinski definition) is 0. The van der Waals surface area contributed by atoms with Gasteiger partial charge < -0.3 is 0 Å². The minimum absolute atomic E-state index is 0.289. The number of fused-ring (bicyclic) bond motifs is 7. The van der Waals surface area contributed by atoms with Crippen molar-refractivity contribution in [1.82, 2.24) is 14.5 Å². The Morgan fingerprint density at radius 1 is 0.700 bits per heavy atom. The number of aromatic nitrogens is 3. The van der Waals surface area contributed by atoms with E-state index >= 15 is 0 Å². The van der Waals surface area contributed by atoms with Crippen molar-refractivity contribution < 1.29 is 0 Å². The Balaban J connectivity index is 1.54. The summed E-state index contributed by atoms with van der Waals surface area (Å²) >= 11 is 0. The lowest BCUT2D eigenvalue weighted by molar-refractivity contribution is 0.650. The maximum atomic E-state index is 7.37. The van der Waals surface area contributed by atoms with Crippen molar-refractivity contribution in [2.75, 3.05) is 0 Å². The molecule has 0 aliphatic heterocycles. The molecular weight excluding hydrogens is 488 g/mol. The number of benzene rings is 5. The Kier molecular flexibility index (Phi) is 4.60. The lowest BCUT2D eigenvalue weighted by atomic mass is 9.82. The Morgan fingerprint density at radius 3 is 2.20 bits per heavy atom. The molecule has 0 bridgehead atoms. The van der Waals surface area contributed by atoms with Crippen LogP contribution in [0, 0.1) is 6.57 Å². The number of para-hydroxylation sites is 1.